The lowest BCUT2D eigenvalue weighted by Crippen LogP contribution is -2.41. The maximum atomic E-state index is 13.2. The minimum absolute atomic E-state index is 0.171. The van der Waals surface area contributed by atoms with Crippen LogP contribution in [0.1, 0.15) is 6.92 Å². The smallest absolute Gasteiger partial charge is 0.327 e. The first kappa shape index (κ1) is 16.3. The van der Waals surface area contributed by atoms with Crippen molar-refractivity contribution >= 4 is 23.6 Å². The van der Waals surface area contributed by atoms with Gasteiger partial charge in [-0.1, -0.05) is 12.1 Å². The first-order chi connectivity index (χ1) is 9.50. The van der Waals surface area contributed by atoms with Crippen LogP contribution in [-0.4, -0.2) is 41.1 Å². The molecule has 0 radical (unpaired) electrons. The second-order valence-corrected chi connectivity index (χ2v) is 5.09. The van der Waals surface area contributed by atoms with Gasteiger partial charge in [-0.05, 0) is 12.1 Å². The molecule has 0 spiro atoms. The third-order valence-corrected chi connectivity index (χ3v) is 3.31. The van der Waals surface area contributed by atoms with E-state index in [-0.39, 0.29) is 24.0 Å². The number of halogens is 1. The third-order valence-electron chi connectivity index (χ3n) is 2.28. The van der Waals surface area contributed by atoms with Crippen molar-refractivity contribution in [2.75, 3.05) is 18.1 Å². The molecule has 110 valence electrons. The molecule has 7 heteroatoms. The Labute approximate surface area is 120 Å². The molecule has 5 nitrogen and oxygen atoms in total. The van der Waals surface area contributed by atoms with Crippen molar-refractivity contribution < 1.29 is 23.8 Å². The number of carboxylic acids is 1. The second kappa shape index (κ2) is 8.42. The molecule has 1 rings (SSSR count). The third kappa shape index (κ3) is 5.92. The standard InChI is InChI=1S/C13H16FNO4S/c1-9(16)15-11(13(17)18)8-20-7-6-19-12-5-3-2-4-10(12)14/h2-5,11H,6-8H2,1H3,(H,15,16)(H,17,18). The quantitative estimate of drug-likeness (QED) is 0.712. The van der Waals surface area contributed by atoms with Gasteiger partial charge in [0.2, 0.25) is 5.91 Å². The number of aliphatic carboxylic acids is 1. The van der Waals surface area contributed by atoms with E-state index in [1.807, 2.05) is 0 Å². The van der Waals surface area contributed by atoms with Crippen molar-refractivity contribution in [3.05, 3.63) is 30.1 Å². The van der Waals surface area contributed by atoms with Gasteiger partial charge >= 0.3 is 5.97 Å². The van der Waals surface area contributed by atoms with Crippen LogP contribution >= 0.6 is 11.8 Å². The van der Waals surface area contributed by atoms with Crippen molar-refractivity contribution in [1.82, 2.24) is 5.32 Å². The minimum Gasteiger partial charge on any atom is -0.490 e. The van der Waals surface area contributed by atoms with Gasteiger partial charge in [0.15, 0.2) is 11.6 Å². The molecule has 1 aromatic rings. The van der Waals surface area contributed by atoms with Crippen LogP contribution in [0.4, 0.5) is 4.39 Å². The number of ether oxygens (including phenoxy) is 1. The molecule has 2 N–H and O–H groups in total. The molecule has 0 aliphatic heterocycles. The Balaban J connectivity index is 2.25. The van der Waals surface area contributed by atoms with Crippen LogP contribution in [0.3, 0.4) is 0 Å². The fraction of sp³-hybridized carbons (Fsp3) is 0.385. The van der Waals surface area contributed by atoms with E-state index < -0.39 is 17.8 Å². The van der Waals surface area contributed by atoms with E-state index in [4.69, 9.17) is 9.84 Å². The summed E-state index contributed by atoms with van der Waals surface area (Å²) in [4.78, 5) is 21.7. The second-order valence-electron chi connectivity index (χ2n) is 3.95. The van der Waals surface area contributed by atoms with Crippen LogP contribution in [0, 0.1) is 5.82 Å². The summed E-state index contributed by atoms with van der Waals surface area (Å²) >= 11 is 1.31. The van der Waals surface area contributed by atoms with Crippen LogP contribution in [-0.2, 0) is 9.59 Å². The Bertz CT molecular complexity index is 469. The first-order valence-corrected chi connectivity index (χ1v) is 7.11. The zero-order valence-electron chi connectivity index (χ0n) is 11.0. The van der Waals surface area contributed by atoms with E-state index in [1.54, 1.807) is 12.1 Å². The van der Waals surface area contributed by atoms with Crippen molar-refractivity contribution in [3.8, 4) is 5.75 Å². The highest BCUT2D eigenvalue weighted by Crippen LogP contribution is 2.15. The van der Waals surface area contributed by atoms with Gasteiger partial charge in [-0.2, -0.15) is 11.8 Å². The van der Waals surface area contributed by atoms with Gasteiger partial charge in [-0.15, -0.1) is 0 Å². The molecule has 0 saturated carbocycles. The number of thioether (sulfide) groups is 1. The summed E-state index contributed by atoms with van der Waals surface area (Å²) in [5, 5.41) is 11.2. The molecule has 1 aromatic carbocycles. The van der Waals surface area contributed by atoms with Crippen molar-refractivity contribution in [2.45, 2.75) is 13.0 Å². The monoisotopic (exact) mass is 301 g/mol. The molecule has 0 heterocycles. The highest BCUT2D eigenvalue weighted by Gasteiger charge is 2.17. The minimum atomic E-state index is -1.08. The Morgan fingerprint density at radius 2 is 2.15 bits per heavy atom. The summed E-state index contributed by atoms with van der Waals surface area (Å²) < 4.78 is 18.4. The van der Waals surface area contributed by atoms with Crippen LogP contribution < -0.4 is 10.1 Å². The van der Waals surface area contributed by atoms with Crippen molar-refractivity contribution in [2.24, 2.45) is 0 Å². The molecule has 1 atom stereocenters. The Morgan fingerprint density at radius 3 is 2.75 bits per heavy atom. The maximum absolute atomic E-state index is 13.2. The largest absolute Gasteiger partial charge is 0.490 e. The molecule has 0 aliphatic carbocycles. The topological polar surface area (TPSA) is 75.6 Å². The number of hydrogen-bond donors (Lipinski definition) is 2. The molecule has 20 heavy (non-hydrogen) atoms. The molecule has 0 bridgehead atoms. The molecule has 0 aromatic heterocycles. The summed E-state index contributed by atoms with van der Waals surface area (Å²) in [6.45, 7) is 1.53. The zero-order chi connectivity index (χ0) is 15.0. The summed E-state index contributed by atoms with van der Waals surface area (Å²) in [5.74, 6) is -1.00. The molecule has 1 unspecified atom stereocenters. The first-order valence-electron chi connectivity index (χ1n) is 5.95. The summed E-state index contributed by atoms with van der Waals surface area (Å²) in [5.41, 5.74) is 0. The van der Waals surface area contributed by atoms with Gasteiger partial charge in [-0.3, -0.25) is 4.79 Å². The van der Waals surface area contributed by atoms with E-state index in [1.165, 1.54) is 30.8 Å². The summed E-state index contributed by atoms with van der Waals surface area (Å²) in [7, 11) is 0. The van der Waals surface area contributed by atoms with E-state index in [0.717, 1.165) is 0 Å². The zero-order valence-corrected chi connectivity index (χ0v) is 11.8. The van der Waals surface area contributed by atoms with Gasteiger partial charge in [-0.25, -0.2) is 9.18 Å². The number of rotatable bonds is 8. The summed E-state index contributed by atoms with van der Waals surface area (Å²) in [6, 6.07) is 5.15. The highest BCUT2D eigenvalue weighted by molar-refractivity contribution is 7.99. The van der Waals surface area contributed by atoms with E-state index in [2.05, 4.69) is 5.32 Å². The predicted molar refractivity (Wildman–Crippen MR) is 74.5 cm³/mol. The predicted octanol–water partition coefficient (Wildman–Crippen LogP) is 1.53. The highest BCUT2D eigenvalue weighted by atomic mass is 32.2. The molecular weight excluding hydrogens is 285 g/mol. The van der Waals surface area contributed by atoms with E-state index in [0.29, 0.717) is 5.75 Å². The molecular formula is C13H16FNO4S. The van der Waals surface area contributed by atoms with Gasteiger partial charge in [0, 0.05) is 18.4 Å². The van der Waals surface area contributed by atoms with Crippen molar-refractivity contribution in [3.63, 3.8) is 0 Å². The molecule has 0 saturated heterocycles. The number of nitrogens with one attached hydrogen (secondary N) is 1. The number of carboxylic acid groups (broad SMARTS) is 1. The van der Waals surface area contributed by atoms with Crippen molar-refractivity contribution in [1.29, 1.82) is 0 Å². The lowest BCUT2D eigenvalue weighted by molar-refractivity contribution is -0.140. The van der Waals surface area contributed by atoms with Crippen LogP contribution in [0.5, 0.6) is 5.75 Å². The summed E-state index contributed by atoms with van der Waals surface area (Å²) in [6.07, 6.45) is 0. The Kier molecular flexibility index (Phi) is 6.86. The Hall–Kier alpha value is -1.76. The van der Waals surface area contributed by atoms with Crippen LogP contribution in [0.2, 0.25) is 0 Å². The SMILES string of the molecule is CC(=O)NC(CSCCOc1ccccc1F)C(=O)O. The fourth-order valence-electron chi connectivity index (χ4n) is 1.39. The number of carbonyl (C=O) groups is 2. The number of benzene rings is 1. The number of para-hydroxylation sites is 1. The van der Waals surface area contributed by atoms with Gasteiger partial charge in [0.25, 0.3) is 0 Å². The van der Waals surface area contributed by atoms with Gasteiger partial charge < -0.3 is 15.2 Å². The molecule has 0 fully saturated rings. The van der Waals surface area contributed by atoms with Crippen LogP contribution in [0.15, 0.2) is 24.3 Å². The van der Waals surface area contributed by atoms with E-state index >= 15 is 0 Å². The van der Waals surface area contributed by atoms with E-state index in [9.17, 15) is 14.0 Å². The number of carbonyl (C=O) groups excluding carboxylic acids is 1. The molecule has 0 aliphatic rings. The lowest BCUT2D eigenvalue weighted by atomic mass is 10.3. The van der Waals surface area contributed by atoms with Crippen LogP contribution in [0.25, 0.3) is 0 Å². The average molecular weight is 301 g/mol. The number of hydrogen-bond acceptors (Lipinski definition) is 4. The lowest BCUT2D eigenvalue weighted by Gasteiger charge is -2.13. The average Bonchev–Trinajstić information content (AvgIpc) is 2.38. The molecule has 1 amide bonds. The Morgan fingerprint density at radius 1 is 1.45 bits per heavy atom. The normalized spacial score (nSPS) is 11.7. The fourth-order valence-corrected chi connectivity index (χ4v) is 2.22. The number of amides is 1. The maximum Gasteiger partial charge on any atom is 0.327 e. The van der Waals surface area contributed by atoms with Gasteiger partial charge in [0.1, 0.15) is 6.04 Å². The van der Waals surface area contributed by atoms with Gasteiger partial charge in [0.05, 0.1) is 6.61 Å².